The zero-order chi connectivity index (χ0) is 17.2. The highest BCUT2D eigenvalue weighted by atomic mass is 16.5. The summed E-state index contributed by atoms with van der Waals surface area (Å²) in [6.07, 6.45) is 2.88. The number of fused-ring (bicyclic) bond motifs is 1. The lowest BCUT2D eigenvalue weighted by atomic mass is 10.0. The molecule has 2 heterocycles. The average molecular weight is 329 g/mol. The monoisotopic (exact) mass is 329 g/mol. The Morgan fingerprint density at radius 1 is 0.880 bits per heavy atom. The molecule has 25 heavy (non-hydrogen) atoms. The SMILES string of the molecule is NC(=O)Oc1cccn2cc(-c3ccc(-c4ccccc4)cc3)nc12. The summed E-state index contributed by atoms with van der Waals surface area (Å²) < 4.78 is 6.81. The molecule has 2 N–H and O–H groups in total. The molecule has 5 nitrogen and oxygen atoms in total. The molecule has 0 spiro atoms. The number of aromatic nitrogens is 2. The third-order valence-corrected chi connectivity index (χ3v) is 3.95. The molecule has 2 aromatic carbocycles. The van der Waals surface area contributed by atoms with E-state index in [1.807, 2.05) is 42.7 Å². The second-order valence-corrected chi connectivity index (χ2v) is 5.59. The van der Waals surface area contributed by atoms with Gasteiger partial charge in [0.1, 0.15) is 0 Å². The summed E-state index contributed by atoms with van der Waals surface area (Å²) in [7, 11) is 0. The second-order valence-electron chi connectivity index (χ2n) is 5.59. The number of carbonyl (C=O) groups is 1. The average Bonchev–Trinajstić information content (AvgIpc) is 3.08. The lowest BCUT2D eigenvalue weighted by Gasteiger charge is -2.02. The van der Waals surface area contributed by atoms with E-state index in [0.717, 1.165) is 16.8 Å². The third kappa shape index (κ3) is 2.95. The van der Waals surface area contributed by atoms with Gasteiger partial charge in [-0.2, -0.15) is 0 Å². The first-order valence-electron chi connectivity index (χ1n) is 7.81. The van der Waals surface area contributed by atoms with Gasteiger partial charge in [-0.3, -0.25) is 0 Å². The molecule has 122 valence electrons. The topological polar surface area (TPSA) is 69.6 Å². The number of primary amides is 1. The third-order valence-electron chi connectivity index (χ3n) is 3.95. The number of nitrogens with zero attached hydrogens (tertiary/aromatic N) is 2. The van der Waals surface area contributed by atoms with Crippen LogP contribution in [-0.4, -0.2) is 15.5 Å². The van der Waals surface area contributed by atoms with Gasteiger partial charge >= 0.3 is 6.09 Å². The van der Waals surface area contributed by atoms with Gasteiger partial charge in [0.2, 0.25) is 0 Å². The molecular weight excluding hydrogens is 314 g/mol. The first kappa shape index (κ1) is 15.0. The number of imidazole rings is 1. The zero-order valence-corrected chi connectivity index (χ0v) is 13.3. The summed E-state index contributed by atoms with van der Waals surface area (Å²) in [5, 5.41) is 0. The fourth-order valence-electron chi connectivity index (χ4n) is 2.78. The van der Waals surface area contributed by atoms with Crippen LogP contribution in [0.5, 0.6) is 5.75 Å². The van der Waals surface area contributed by atoms with E-state index in [2.05, 4.69) is 29.2 Å². The van der Waals surface area contributed by atoms with Gasteiger partial charge < -0.3 is 14.9 Å². The van der Waals surface area contributed by atoms with Crippen LogP contribution >= 0.6 is 0 Å². The van der Waals surface area contributed by atoms with E-state index >= 15 is 0 Å². The summed E-state index contributed by atoms with van der Waals surface area (Å²) in [5.74, 6) is 0.335. The Morgan fingerprint density at radius 2 is 1.56 bits per heavy atom. The number of rotatable bonds is 3. The van der Waals surface area contributed by atoms with Crippen molar-refractivity contribution in [1.82, 2.24) is 9.38 Å². The van der Waals surface area contributed by atoms with Crippen molar-refractivity contribution in [1.29, 1.82) is 0 Å². The number of benzene rings is 2. The minimum absolute atomic E-state index is 0.335. The second kappa shape index (κ2) is 6.13. The molecule has 0 saturated carbocycles. The normalized spacial score (nSPS) is 10.7. The van der Waals surface area contributed by atoms with E-state index in [0.29, 0.717) is 11.4 Å². The number of hydrogen-bond acceptors (Lipinski definition) is 3. The van der Waals surface area contributed by atoms with Gasteiger partial charge in [0, 0.05) is 18.0 Å². The predicted octanol–water partition coefficient (Wildman–Crippen LogP) is 4.13. The molecule has 0 unspecified atom stereocenters. The Balaban J connectivity index is 1.71. The van der Waals surface area contributed by atoms with E-state index in [-0.39, 0.29) is 0 Å². The van der Waals surface area contributed by atoms with Crippen LogP contribution in [0.25, 0.3) is 28.0 Å². The van der Waals surface area contributed by atoms with Crippen molar-refractivity contribution in [2.24, 2.45) is 5.73 Å². The van der Waals surface area contributed by atoms with E-state index in [4.69, 9.17) is 10.5 Å². The summed E-state index contributed by atoms with van der Waals surface area (Å²) in [5.41, 5.74) is 9.74. The smallest absolute Gasteiger partial charge is 0.406 e. The van der Waals surface area contributed by atoms with Crippen molar-refractivity contribution >= 4 is 11.7 Å². The Labute approximate surface area is 144 Å². The fraction of sp³-hybridized carbons (Fsp3) is 0. The van der Waals surface area contributed by atoms with Crippen LogP contribution in [0.15, 0.2) is 79.1 Å². The van der Waals surface area contributed by atoms with Crippen LogP contribution in [0.1, 0.15) is 0 Å². The minimum atomic E-state index is -0.857. The van der Waals surface area contributed by atoms with Crippen LogP contribution in [0.4, 0.5) is 4.79 Å². The number of ether oxygens (including phenoxy) is 1. The minimum Gasteiger partial charge on any atom is -0.406 e. The molecule has 4 rings (SSSR count). The Morgan fingerprint density at radius 3 is 2.28 bits per heavy atom. The molecule has 2 aromatic heterocycles. The first-order valence-corrected chi connectivity index (χ1v) is 7.81. The standard InChI is InChI=1S/C20H15N3O2/c21-20(24)25-18-7-4-12-23-13-17(22-19(18)23)16-10-8-15(9-11-16)14-5-2-1-3-6-14/h1-13H,(H2,21,24). The molecule has 4 aromatic rings. The van der Waals surface area contributed by atoms with Crippen molar-refractivity contribution in [2.45, 2.75) is 0 Å². The van der Waals surface area contributed by atoms with E-state index in [1.165, 1.54) is 5.56 Å². The lowest BCUT2D eigenvalue weighted by molar-refractivity contribution is 0.211. The van der Waals surface area contributed by atoms with Gasteiger partial charge in [0.15, 0.2) is 11.4 Å². The maximum absolute atomic E-state index is 11.0. The molecule has 0 aliphatic carbocycles. The highest BCUT2D eigenvalue weighted by Gasteiger charge is 2.10. The van der Waals surface area contributed by atoms with Gasteiger partial charge in [0.05, 0.1) is 5.69 Å². The largest absolute Gasteiger partial charge is 0.410 e. The van der Waals surface area contributed by atoms with Gasteiger partial charge in [0.25, 0.3) is 0 Å². The highest BCUT2D eigenvalue weighted by molar-refractivity contribution is 5.74. The predicted molar refractivity (Wildman–Crippen MR) is 96.3 cm³/mol. The first-order chi connectivity index (χ1) is 12.2. The van der Waals surface area contributed by atoms with Crippen molar-refractivity contribution in [3.8, 4) is 28.1 Å². The Kier molecular flexibility index (Phi) is 3.67. The molecule has 0 aliphatic rings. The summed E-state index contributed by atoms with van der Waals surface area (Å²) in [6, 6.07) is 21.8. The van der Waals surface area contributed by atoms with Crippen LogP contribution in [0.2, 0.25) is 0 Å². The zero-order valence-electron chi connectivity index (χ0n) is 13.3. The molecular formula is C20H15N3O2. The number of pyridine rings is 1. The van der Waals surface area contributed by atoms with Crippen LogP contribution in [0.3, 0.4) is 0 Å². The van der Waals surface area contributed by atoms with Crippen molar-refractivity contribution in [3.63, 3.8) is 0 Å². The summed E-state index contributed by atoms with van der Waals surface area (Å²) in [4.78, 5) is 15.6. The van der Waals surface area contributed by atoms with E-state index in [1.54, 1.807) is 16.5 Å². The van der Waals surface area contributed by atoms with Crippen LogP contribution in [-0.2, 0) is 0 Å². The molecule has 0 fully saturated rings. The van der Waals surface area contributed by atoms with Gasteiger partial charge in [-0.1, -0.05) is 54.6 Å². The molecule has 0 radical (unpaired) electrons. The Hall–Kier alpha value is -3.60. The maximum atomic E-state index is 11.0. The van der Waals surface area contributed by atoms with Gasteiger partial charge in [-0.05, 0) is 23.3 Å². The lowest BCUT2D eigenvalue weighted by Crippen LogP contribution is -2.16. The van der Waals surface area contributed by atoms with Crippen molar-refractivity contribution in [2.75, 3.05) is 0 Å². The number of nitrogens with two attached hydrogens (primary N) is 1. The molecule has 5 heteroatoms. The van der Waals surface area contributed by atoms with Gasteiger partial charge in [-0.15, -0.1) is 0 Å². The molecule has 1 amide bonds. The summed E-state index contributed by atoms with van der Waals surface area (Å²) in [6.45, 7) is 0. The maximum Gasteiger partial charge on any atom is 0.410 e. The highest BCUT2D eigenvalue weighted by Crippen LogP contribution is 2.27. The van der Waals surface area contributed by atoms with Crippen molar-refractivity contribution in [3.05, 3.63) is 79.1 Å². The quantitative estimate of drug-likeness (QED) is 0.614. The van der Waals surface area contributed by atoms with Crippen LogP contribution in [0, 0.1) is 0 Å². The molecule has 0 aliphatic heterocycles. The number of carbonyl (C=O) groups excluding carboxylic acids is 1. The van der Waals surface area contributed by atoms with Crippen molar-refractivity contribution < 1.29 is 9.53 Å². The molecule has 0 bridgehead atoms. The van der Waals surface area contributed by atoms with E-state index in [9.17, 15) is 4.79 Å². The number of hydrogen-bond donors (Lipinski definition) is 1. The molecule has 0 atom stereocenters. The summed E-state index contributed by atoms with van der Waals surface area (Å²) >= 11 is 0. The Bertz CT molecular complexity index is 1040. The number of amides is 1. The molecule has 0 saturated heterocycles. The van der Waals surface area contributed by atoms with Gasteiger partial charge in [-0.25, -0.2) is 9.78 Å². The van der Waals surface area contributed by atoms with E-state index < -0.39 is 6.09 Å². The fourth-order valence-corrected chi connectivity index (χ4v) is 2.78. The van der Waals surface area contributed by atoms with Crippen LogP contribution < -0.4 is 10.5 Å².